The third-order valence-electron chi connectivity index (χ3n) is 14.4. The summed E-state index contributed by atoms with van der Waals surface area (Å²) in [5.74, 6) is 3.52. The summed E-state index contributed by atoms with van der Waals surface area (Å²) in [5, 5.41) is 0. The van der Waals surface area contributed by atoms with E-state index in [0.29, 0.717) is 32.5 Å². The van der Waals surface area contributed by atoms with Crippen molar-refractivity contribution in [3.63, 3.8) is 0 Å². The smallest absolute Gasteiger partial charge is 0.0198 e. The highest BCUT2D eigenvalue weighted by atomic mass is 14.8. The molecule has 5 rings (SSSR count). The molecule has 0 saturated heterocycles. The Morgan fingerprint density at radius 2 is 1.42 bits per heavy atom. The van der Waals surface area contributed by atoms with Gasteiger partial charge in [0.1, 0.15) is 0 Å². The summed E-state index contributed by atoms with van der Waals surface area (Å²) in [6.07, 6.45) is 17.2. The Morgan fingerprint density at radius 3 is 2.13 bits per heavy atom. The quantitative estimate of drug-likeness (QED) is 0.340. The first-order chi connectivity index (χ1) is 14.3. The molecule has 4 fully saturated rings. The molecule has 9 atom stereocenters. The van der Waals surface area contributed by atoms with E-state index in [0.717, 1.165) is 23.7 Å². The lowest BCUT2D eigenvalue weighted by Gasteiger charge is -2.76. The highest BCUT2D eigenvalue weighted by Gasteiger charge is 2.71. The van der Waals surface area contributed by atoms with Gasteiger partial charge in [-0.25, -0.2) is 0 Å². The summed E-state index contributed by atoms with van der Waals surface area (Å²) < 4.78 is 0. The lowest BCUT2D eigenvalue weighted by atomic mass is 9.29. The molecule has 0 aromatic rings. The van der Waals surface area contributed by atoms with Gasteiger partial charge in [-0.1, -0.05) is 73.5 Å². The zero-order valence-corrected chi connectivity index (χ0v) is 22.5. The third-order valence-corrected chi connectivity index (χ3v) is 14.4. The van der Waals surface area contributed by atoms with Crippen LogP contribution in [0.4, 0.5) is 0 Å². The van der Waals surface area contributed by atoms with E-state index in [1.165, 1.54) is 64.2 Å². The topological polar surface area (TPSA) is 0 Å². The van der Waals surface area contributed by atoms with Crippen LogP contribution in [0.5, 0.6) is 0 Å². The minimum absolute atomic E-state index is 0.490. The molecule has 4 saturated carbocycles. The van der Waals surface area contributed by atoms with Gasteiger partial charge in [0.05, 0.1) is 0 Å². The molecule has 0 spiro atoms. The van der Waals surface area contributed by atoms with Gasteiger partial charge in [-0.15, -0.1) is 0 Å². The summed E-state index contributed by atoms with van der Waals surface area (Å²) in [4.78, 5) is 0. The maximum Gasteiger partial charge on any atom is -0.0198 e. The van der Waals surface area contributed by atoms with Crippen molar-refractivity contribution in [2.24, 2.45) is 56.2 Å². The van der Waals surface area contributed by atoms with Crippen LogP contribution in [0.15, 0.2) is 11.6 Å². The van der Waals surface area contributed by atoms with Gasteiger partial charge in [-0.05, 0) is 121 Å². The standard InChI is InChI=1S/C31H52/c1-21-13-16-27(5)17-18-28(6)23(25(27)22(21)2)11-12-24-29(28,7)19-20-31(9)26(3,4)14-10-15-30(24,31)8/h13,22-25H,10-12,14-20H2,1-9H3. The average molecular weight is 425 g/mol. The Bertz CT molecular complexity index is 788. The number of hydrogen-bond acceptors (Lipinski definition) is 0. The molecule has 176 valence electrons. The molecule has 5 aliphatic carbocycles. The molecular formula is C31H52. The van der Waals surface area contributed by atoms with Crippen molar-refractivity contribution in [2.75, 3.05) is 0 Å². The van der Waals surface area contributed by atoms with Crippen LogP contribution in [-0.4, -0.2) is 0 Å². The zero-order chi connectivity index (χ0) is 22.7. The van der Waals surface area contributed by atoms with Crippen LogP contribution < -0.4 is 0 Å². The Hall–Kier alpha value is -0.260. The fourth-order valence-corrected chi connectivity index (χ4v) is 11.5. The Kier molecular flexibility index (Phi) is 4.68. The number of fused-ring (bicyclic) bond motifs is 7. The van der Waals surface area contributed by atoms with Crippen LogP contribution in [-0.2, 0) is 0 Å². The highest BCUT2D eigenvalue weighted by Crippen LogP contribution is 2.79. The van der Waals surface area contributed by atoms with E-state index in [-0.39, 0.29) is 0 Å². The Morgan fingerprint density at radius 1 is 0.742 bits per heavy atom. The highest BCUT2D eigenvalue weighted by molar-refractivity contribution is 5.23. The summed E-state index contributed by atoms with van der Waals surface area (Å²) in [6, 6.07) is 0. The van der Waals surface area contributed by atoms with E-state index in [2.05, 4.69) is 68.4 Å². The minimum atomic E-state index is 0.490. The van der Waals surface area contributed by atoms with Gasteiger partial charge in [0.2, 0.25) is 0 Å². The second-order valence-corrected chi connectivity index (χ2v) is 15.2. The molecule has 9 unspecified atom stereocenters. The predicted molar refractivity (Wildman–Crippen MR) is 134 cm³/mol. The van der Waals surface area contributed by atoms with Crippen molar-refractivity contribution >= 4 is 0 Å². The first-order valence-electron chi connectivity index (χ1n) is 13.9. The molecule has 0 aliphatic heterocycles. The van der Waals surface area contributed by atoms with Gasteiger partial charge >= 0.3 is 0 Å². The monoisotopic (exact) mass is 424 g/mol. The normalized spacial score (nSPS) is 58.3. The minimum Gasteiger partial charge on any atom is -0.0848 e. The SMILES string of the molecule is CC1=CCC2(C)CCC3(C)C(CCC4C3(C)CCC3(C)C(C)(C)CCCC43C)C2C1C. The third kappa shape index (κ3) is 2.50. The van der Waals surface area contributed by atoms with Crippen molar-refractivity contribution in [1.29, 1.82) is 0 Å². The van der Waals surface area contributed by atoms with Crippen molar-refractivity contribution in [3.8, 4) is 0 Å². The fourth-order valence-electron chi connectivity index (χ4n) is 11.5. The molecule has 0 heteroatoms. The van der Waals surface area contributed by atoms with Crippen LogP contribution in [0.1, 0.15) is 127 Å². The lowest BCUT2D eigenvalue weighted by molar-refractivity contribution is -0.267. The van der Waals surface area contributed by atoms with E-state index in [4.69, 9.17) is 0 Å². The molecule has 0 bridgehead atoms. The van der Waals surface area contributed by atoms with Crippen LogP contribution in [0.25, 0.3) is 0 Å². The summed E-state index contributed by atoms with van der Waals surface area (Å²) in [5.41, 5.74) is 4.80. The summed E-state index contributed by atoms with van der Waals surface area (Å²) in [6.45, 7) is 24.0. The first kappa shape index (κ1) is 22.5. The second kappa shape index (κ2) is 6.44. The summed E-state index contributed by atoms with van der Waals surface area (Å²) >= 11 is 0. The number of hydrogen-bond donors (Lipinski definition) is 0. The maximum atomic E-state index is 2.80. The van der Waals surface area contributed by atoms with Gasteiger partial charge in [0, 0.05) is 0 Å². The first-order valence-corrected chi connectivity index (χ1v) is 13.9. The molecular weight excluding hydrogens is 372 g/mol. The summed E-state index contributed by atoms with van der Waals surface area (Å²) in [7, 11) is 0. The molecule has 0 heterocycles. The molecule has 0 aromatic heterocycles. The van der Waals surface area contributed by atoms with E-state index in [1.807, 2.05) is 0 Å². The number of allylic oxidation sites excluding steroid dienone is 2. The van der Waals surface area contributed by atoms with Crippen LogP contribution in [0, 0.1) is 56.2 Å². The van der Waals surface area contributed by atoms with Crippen molar-refractivity contribution < 1.29 is 0 Å². The molecule has 0 amide bonds. The molecule has 5 aliphatic rings. The molecule has 0 radical (unpaired) electrons. The van der Waals surface area contributed by atoms with Gasteiger partial charge < -0.3 is 0 Å². The van der Waals surface area contributed by atoms with E-state index >= 15 is 0 Å². The lowest BCUT2D eigenvalue weighted by Crippen LogP contribution is -2.68. The molecule has 0 aromatic carbocycles. The van der Waals surface area contributed by atoms with Crippen molar-refractivity contribution in [2.45, 2.75) is 127 Å². The molecule has 0 nitrogen and oxygen atoms in total. The Labute approximate surface area is 194 Å². The number of rotatable bonds is 0. The fraction of sp³-hybridized carbons (Fsp3) is 0.935. The van der Waals surface area contributed by atoms with E-state index < -0.39 is 0 Å². The average Bonchev–Trinajstić information content (AvgIpc) is 2.69. The van der Waals surface area contributed by atoms with Crippen LogP contribution in [0.3, 0.4) is 0 Å². The van der Waals surface area contributed by atoms with Crippen molar-refractivity contribution in [3.05, 3.63) is 11.6 Å². The van der Waals surface area contributed by atoms with E-state index in [9.17, 15) is 0 Å². The Balaban J connectivity index is 1.58. The van der Waals surface area contributed by atoms with Gasteiger partial charge in [-0.2, -0.15) is 0 Å². The predicted octanol–water partition coefficient (Wildman–Crippen LogP) is 9.44. The van der Waals surface area contributed by atoms with E-state index in [1.54, 1.807) is 5.57 Å². The molecule has 0 N–H and O–H groups in total. The van der Waals surface area contributed by atoms with Crippen LogP contribution in [0.2, 0.25) is 0 Å². The maximum absolute atomic E-state index is 2.80. The van der Waals surface area contributed by atoms with Gasteiger partial charge in [0.25, 0.3) is 0 Å². The van der Waals surface area contributed by atoms with Crippen LogP contribution >= 0.6 is 0 Å². The van der Waals surface area contributed by atoms with Gasteiger partial charge in [-0.3, -0.25) is 0 Å². The van der Waals surface area contributed by atoms with Crippen molar-refractivity contribution in [1.82, 2.24) is 0 Å². The molecule has 31 heavy (non-hydrogen) atoms. The second-order valence-electron chi connectivity index (χ2n) is 15.2. The zero-order valence-electron chi connectivity index (χ0n) is 22.5. The van der Waals surface area contributed by atoms with Gasteiger partial charge in [0.15, 0.2) is 0 Å². The largest absolute Gasteiger partial charge is 0.0848 e.